The monoisotopic (exact) mass is 322 g/mol. The smallest absolute Gasteiger partial charge is 0.408 e. The molecule has 1 aromatic rings. The van der Waals surface area contributed by atoms with E-state index in [1.807, 2.05) is 0 Å². The number of carboxylic acid groups (broad SMARTS) is 2. The van der Waals surface area contributed by atoms with Crippen molar-refractivity contribution in [2.24, 2.45) is 0 Å². The van der Waals surface area contributed by atoms with Gasteiger partial charge in [-0.05, 0) is 19.8 Å². The van der Waals surface area contributed by atoms with Crippen LogP contribution in [-0.2, 0) is 16.1 Å². The Morgan fingerprint density at radius 1 is 1.26 bits per heavy atom. The minimum Gasteiger partial charge on any atom is -0.479 e. The molecule has 1 saturated heterocycles. The van der Waals surface area contributed by atoms with Gasteiger partial charge in [-0.2, -0.15) is 0 Å². The van der Waals surface area contributed by atoms with Gasteiger partial charge in [0.2, 0.25) is 5.95 Å². The van der Waals surface area contributed by atoms with E-state index in [0.717, 1.165) is 17.7 Å². The third-order valence-corrected chi connectivity index (χ3v) is 4.18. The molecule has 3 rings (SSSR count). The molecule has 0 radical (unpaired) electrons. The number of ether oxygens (including phenoxy) is 1. The van der Waals surface area contributed by atoms with Gasteiger partial charge in [0, 0.05) is 30.5 Å². The number of hydrogen-bond donors (Lipinski definition) is 3. The van der Waals surface area contributed by atoms with E-state index < -0.39 is 18.1 Å². The molecule has 0 spiro atoms. The van der Waals surface area contributed by atoms with Crippen LogP contribution in [0.1, 0.15) is 35.8 Å². The summed E-state index contributed by atoms with van der Waals surface area (Å²) in [6, 6.07) is -1.12. The van der Waals surface area contributed by atoms with Crippen LogP contribution in [0, 0.1) is 6.92 Å². The summed E-state index contributed by atoms with van der Waals surface area (Å²) in [5, 5.41) is 21.8. The van der Waals surface area contributed by atoms with E-state index in [1.165, 1.54) is 0 Å². The first-order valence-electron chi connectivity index (χ1n) is 7.41. The predicted octanol–water partition coefficient (Wildman–Crippen LogP) is 0.995. The van der Waals surface area contributed by atoms with Crippen LogP contribution < -0.4 is 5.32 Å². The van der Waals surface area contributed by atoms with E-state index in [-0.39, 0.29) is 18.3 Å². The maximum absolute atomic E-state index is 11.5. The molecule has 1 aromatic heterocycles. The van der Waals surface area contributed by atoms with Gasteiger partial charge < -0.3 is 20.3 Å². The van der Waals surface area contributed by atoms with E-state index in [2.05, 4.69) is 15.3 Å². The van der Waals surface area contributed by atoms with Crippen molar-refractivity contribution in [2.45, 2.75) is 38.4 Å². The summed E-state index contributed by atoms with van der Waals surface area (Å²) in [5.41, 5.74) is 1.42. The van der Waals surface area contributed by atoms with Gasteiger partial charge in [0.05, 0.1) is 12.2 Å². The zero-order chi connectivity index (χ0) is 16.6. The van der Waals surface area contributed by atoms with Gasteiger partial charge in [-0.15, -0.1) is 0 Å². The number of amides is 1. The van der Waals surface area contributed by atoms with Crippen molar-refractivity contribution in [3.63, 3.8) is 0 Å². The number of fused-ring (bicyclic) bond motifs is 1. The Hall–Kier alpha value is -2.42. The summed E-state index contributed by atoms with van der Waals surface area (Å²) in [6.45, 7) is 3.04. The van der Waals surface area contributed by atoms with Crippen molar-refractivity contribution < 1.29 is 24.5 Å². The Morgan fingerprint density at radius 3 is 2.57 bits per heavy atom. The first-order chi connectivity index (χ1) is 11.0. The number of carboxylic acids is 1. The maximum atomic E-state index is 11.5. The largest absolute Gasteiger partial charge is 0.479 e. The molecule has 9 nitrogen and oxygen atoms in total. The van der Waals surface area contributed by atoms with Gasteiger partial charge in [0.1, 0.15) is 0 Å². The van der Waals surface area contributed by atoms with Crippen LogP contribution in [0.2, 0.25) is 0 Å². The number of carbonyl (C=O) groups is 2. The highest BCUT2D eigenvalue weighted by molar-refractivity contribution is 5.82. The summed E-state index contributed by atoms with van der Waals surface area (Å²) in [7, 11) is 0. The van der Waals surface area contributed by atoms with Crippen molar-refractivity contribution in [3.8, 4) is 0 Å². The number of anilines is 1. The van der Waals surface area contributed by atoms with E-state index in [9.17, 15) is 19.8 Å². The number of aromatic nitrogens is 2. The molecule has 0 bridgehead atoms. The second kappa shape index (κ2) is 5.99. The average molecular weight is 322 g/mol. The Kier molecular flexibility index (Phi) is 4.03. The maximum Gasteiger partial charge on any atom is 0.408 e. The number of hydrogen-bond acceptors (Lipinski definition) is 6. The Balaban J connectivity index is 1.91. The molecule has 2 aliphatic heterocycles. The zero-order valence-corrected chi connectivity index (χ0v) is 12.7. The second-order valence-electron chi connectivity index (χ2n) is 5.68. The van der Waals surface area contributed by atoms with Gasteiger partial charge in [-0.1, -0.05) is 0 Å². The lowest BCUT2D eigenvalue weighted by molar-refractivity contribution is -0.142. The van der Waals surface area contributed by atoms with Crippen molar-refractivity contribution in [3.05, 3.63) is 17.0 Å². The highest BCUT2D eigenvalue weighted by Gasteiger charge is 2.41. The molecule has 0 saturated carbocycles. The zero-order valence-electron chi connectivity index (χ0n) is 12.7. The summed E-state index contributed by atoms with van der Waals surface area (Å²) >= 11 is 0. The summed E-state index contributed by atoms with van der Waals surface area (Å²) < 4.78 is 5.29. The van der Waals surface area contributed by atoms with E-state index >= 15 is 0 Å². The molecule has 1 unspecified atom stereocenters. The molecule has 1 amide bonds. The number of nitrogens with zero attached hydrogens (tertiary/aromatic N) is 3. The third-order valence-electron chi connectivity index (χ3n) is 4.18. The molecule has 2 aliphatic rings. The third kappa shape index (κ3) is 2.91. The lowest BCUT2D eigenvalue weighted by Crippen LogP contribution is -2.33. The van der Waals surface area contributed by atoms with Crippen LogP contribution in [0.4, 0.5) is 10.7 Å². The van der Waals surface area contributed by atoms with Gasteiger partial charge in [-0.3, -0.25) is 4.90 Å². The molecular weight excluding hydrogens is 304 g/mol. The minimum atomic E-state index is -1.29. The van der Waals surface area contributed by atoms with Crippen LogP contribution in [0.15, 0.2) is 0 Å². The Labute approximate surface area is 132 Å². The average Bonchev–Trinajstić information content (AvgIpc) is 2.88. The highest BCUT2D eigenvalue weighted by Crippen LogP contribution is 2.34. The molecule has 3 N–H and O–H groups in total. The fourth-order valence-corrected chi connectivity index (χ4v) is 2.97. The van der Waals surface area contributed by atoms with Crippen LogP contribution in [0.25, 0.3) is 0 Å². The Morgan fingerprint density at radius 2 is 1.96 bits per heavy atom. The topological polar surface area (TPSA) is 125 Å². The number of aryl methyl sites for hydroxylation is 1. The summed E-state index contributed by atoms with van der Waals surface area (Å²) in [4.78, 5) is 32.3. The van der Waals surface area contributed by atoms with Crippen LogP contribution in [-0.4, -0.2) is 56.4 Å². The highest BCUT2D eigenvalue weighted by atomic mass is 16.5. The fraction of sp³-hybridized carbons (Fsp3) is 0.571. The lowest BCUT2D eigenvalue weighted by Gasteiger charge is -2.23. The summed E-state index contributed by atoms with van der Waals surface area (Å²) in [6.07, 6.45) is 0.361. The van der Waals surface area contributed by atoms with Gasteiger partial charge in [0.25, 0.3) is 0 Å². The SMILES string of the molecule is Cc1nc(NC2CCOCC2)nc2c1CN(C(=O)O)C2C(=O)O. The number of aliphatic carboxylic acids is 1. The molecule has 0 aliphatic carbocycles. The van der Waals surface area contributed by atoms with Crippen LogP contribution >= 0.6 is 0 Å². The first-order valence-corrected chi connectivity index (χ1v) is 7.41. The molecular formula is C14H18N4O5. The van der Waals surface area contributed by atoms with Crippen molar-refractivity contribution in [2.75, 3.05) is 18.5 Å². The normalized spacial score (nSPS) is 21.1. The summed E-state index contributed by atoms with van der Waals surface area (Å²) in [5.74, 6) is -0.895. The molecule has 9 heteroatoms. The molecule has 23 heavy (non-hydrogen) atoms. The lowest BCUT2D eigenvalue weighted by atomic mass is 10.1. The molecule has 1 fully saturated rings. The van der Waals surface area contributed by atoms with E-state index in [4.69, 9.17) is 4.74 Å². The standard InChI is InChI=1S/C14H18N4O5/c1-7-9-6-18(14(21)22)11(12(19)20)10(9)17-13(15-7)16-8-2-4-23-5-3-8/h8,11H,2-6H2,1H3,(H,19,20)(H,21,22)(H,15,16,17). The number of rotatable bonds is 3. The van der Waals surface area contributed by atoms with Gasteiger partial charge in [-0.25, -0.2) is 19.6 Å². The van der Waals surface area contributed by atoms with Gasteiger partial charge >= 0.3 is 12.1 Å². The molecule has 0 aromatic carbocycles. The predicted molar refractivity (Wildman–Crippen MR) is 78.2 cm³/mol. The minimum absolute atomic E-state index is 0.00891. The molecule has 1 atom stereocenters. The number of nitrogens with one attached hydrogen (secondary N) is 1. The van der Waals surface area contributed by atoms with Crippen LogP contribution in [0.5, 0.6) is 0 Å². The second-order valence-corrected chi connectivity index (χ2v) is 5.68. The molecule has 3 heterocycles. The fourth-order valence-electron chi connectivity index (χ4n) is 2.97. The van der Waals surface area contributed by atoms with Crippen molar-refractivity contribution >= 4 is 18.0 Å². The van der Waals surface area contributed by atoms with E-state index in [0.29, 0.717) is 30.4 Å². The van der Waals surface area contributed by atoms with Crippen LogP contribution in [0.3, 0.4) is 0 Å². The van der Waals surface area contributed by atoms with Crippen molar-refractivity contribution in [1.29, 1.82) is 0 Å². The molecule has 124 valence electrons. The van der Waals surface area contributed by atoms with E-state index in [1.54, 1.807) is 6.92 Å². The Bertz CT molecular complexity index is 644. The first kappa shape index (κ1) is 15.5. The van der Waals surface area contributed by atoms with Crippen molar-refractivity contribution in [1.82, 2.24) is 14.9 Å². The van der Waals surface area contributed by atoms with Gasteiger partial charge in [0.15, 0.2) is 6.04 Å². The quantitative estimate of drug-likeness (QED) is 0.752.